The molecule has 1 fully saturated rings. The molecule has 0 unspecified atom stereocenters. The molecule has 1 N–H and O–H groups in total. The maximum atomic E-state index is 12.7. The van der Waals surface area contributed by atoms with Gasteiger partial charge in [0.1, 0.15) is 17.8 Å². The number of benzene rings is 2. The van der Waals surface area contributed by atoms with E-state index >= 15 is 0 Å². The maximum Gasteiger partial charge on any atom is 0.270 e. The first-order valence-corrected chi connectivity index (χ1v) is 10.3. The largest absolute Gasteiger partial charge is 0.378 e. The lowest BCUT2D eigenvalue weighted by atomic mass is 9.88. The molecule has 0 aliphatic carbocycles. The quantitative estimate of drug-likeness (QED) is 0.657. The van der Waals surface area contributed by atoms with E-state index in [1.165, 1.54) is 17.5 Å². The normalized spacial score (nSPS) is 14.0. The topological polar surface area (TPSA) is 67.4 Å². The third kappa shape index (κ3) is 5.02. The van der Waals surface area contributed by atoms with Crippen LogP contribution in [0.2, 0.25) is 0 Å². The third-order valence-corrected chi connectivity index (χ3v) is 5.34. The van der Waals surface area contributed by atoms with E-state index in [-0.39, 0.29) is 11.8 Å². The van der Waals surface area contributed by atoms with Crippen molar-refractivity contribution in [2.45, 2.75) is 12.3 Å². The summed E-state index contributed by atoms with van der Waals surface area (Å²) in [5.41, 5.74) is 2.88. The van der Waals surface area contributed by atoms with E-state index in [0.29, 0.717) is 25.5 Å². The number of aromatic nitrogens is 2. The maximum absolute atomic E-state index is 12.7. The molecule has 0 saturated carbocycles. The Morgan fingerprint density at radius 3 is 2.23 bits per heavy atom. The van der Waals surface area contributed by atoms with Gasteiger partial charge in [-0.1, -0.05) is 60.7 Å². The summed E-state index contributed by atoms with van der Waals surface area (Å²) in [5.74, 6) is 0.818. The highest BCUT2D eigenvalue weighted by molar-refractivity contribution is 5.92. The van der Waals surface area contributed by atoms with Crippen LogP contribution in [0.15, 0.2) is 73.1 Å². The van der Waals surface area contributed by atoms with Gasteiger partial charge in [-0.2, -0.15) is 0 Å². The Kier molecular flexibility index (Phi) is 6.67. The first-order valence-electron chi connectivity index (χ1n) is 10.3. The van der Waals surface area contributed by atoms with Crippen LogP contribution in [0.4, 0.5) is 5.82 Å². The minimum absolute atomic E-state index is 0.174. The van der Waals surface area contributed by atoms with Crippen molar-refractivity contribution in [3.8, 4) is 0 Å². The Labute approximate surface area is 176 Å². The molecule has 4 rings (SSSR count). The van der Waals surface area contributed by atoms with Crippen molar-refractivity contribution >= 4 is 11.7 Å². The predicted molar refractivity (Wildman–Crippen MR) is 117 cm³/mol. The smallest absolute Gasteiger partial charge is 0.270 e. The SMILES string of the molecule is O=C(NCCC(c1ccccc1)c1ccccc1)c1cc(N2CCOCC2)ncn1. The van der Waals surface area contributed by atoms with Crippen LogP contribution in [0.25, 0.3) is 0 Å². The monoisotopic (exact) mass is 402 g/mol. The van der Waals surface area contributed by atoms with E-state index in [0.717, 1.165) is 25.3 Å². The summed E-state index contributed by atoms with van der Waals surface area (Å²) in [5, 5.41) is 3.03. The molecular formula is C24H26N4O2. The van der Waals surface area contributed by atoms with Crippen LogP contribution in [-0.2, 0) is 4.74 Å². The average Bonchev–Trinajstić information content (AvgIpc) is 2.83. The van der Waals surface area contributed by atoms with E-state index in [1.807, 2.05) is 12.1 Å². The lowest BCUT2D eigenvalue weighted by molar-refractivity contribution is 0.0947. The predicted octanol–water partition coefficient (Wildman–Crippen LogP) is 3.27. The molecule has 0 bridgehead atoms. The van der Waals surface area contributed by atoms with E-state index in [1.54, 1.807) is 6.07 Å². The summed E-state index contributed by atoms with van der Waals surface area (Å²) in [6, 6.07) is 22.6. The molecular weight excluding hydrogens is 376 g/mol. The number of carbonyl (C=O) groups is 1. The molecule has 1 aliphatic rings. The van der Waals surface area contributed by atoms with Crippen molar-refractivity contribution < 1.29 is 9.53 Å². The van der Waals surface area contributed by atoms with Crippen LogP contribution >= 0.6 is 0 Å². The third-order valence-electron chi connectivity index (χ3n) is 5.34. The summed E-state index contributed by atoms with van der Waals surface area (Å²) in [6.07, 6.45) is 2.26. The zero-order valence-electron chi connectivity index (χ0n) is 16.9. The van der Waals surface area contributed by atoms with E-state index in [2.05, 4.69) is 68.7 Å². The lowest BCUT2D eigenvalue weighted by Crippen LogP contribution is -2.37. The Bertz CT molecular complexity index is 904. The van der Waals surface area contributed by atoms with Crippen LogP contribution in [0.5, 0.6) is 0 Å². The first kappa shape index (κ1) is 20.0. The molecule has 6 heteroatoms. The number of rotatable bonds is 7. The molecule has 1 saturated heterocycles. The van der Waals surface area contributed by atoms with Gasteiger partial charge in [-0.15, -0.1) is 0 Å². The van der Waals surface area contributed by atoms with Crippen LogP contribution in [-0.4, -0.2) is 48.7 Å². The average molecular weight is 402 g/mol. The Morgan fingerprint density at radius 2 is 1.60 bits per heavy atom. The second-order valence-corrected chi connectivity index (χ2v) is 7.28. The van der Waals surface area contributed by atoms with Crippen LogP contribution in [0, 0.1) is 0 Å². The molecule has 3 aromatic rings. The number of amides is 1. The van der Waals surface area contributed by atoms with Crippen LogP contribution in [0.1, 0.15) is 34.0 Å². The molecule has 154 valence electrons. The van der Waals surface area contributed by atoms with Crippen LogP contribution in [0.3, 0.4) is 0 Å². The van der Waals surface area contributed by atoms with Crippen molar-refractivity contribution in [3.63, 3.8) is 0 Å². The highest BCUT2D eigenvalue weighted by Crippen LogP contribution is 2.27. The summed E-state index contributed by atoms with van der Waals surface area (Å²) < 4.78 is 5.38. The number of hydrogen-bond acceptors (Lipinski definition) is 5. The molecule has 30 heavy (non-hydrogen) atoms. The number of nitrogens with one attached hydrogen (secondary N) is 1. The van der Waals surface area contributed by atoms with Gasteiger partial charge in [0.2, 0.25) is 0 Å². The van der Waals surface area contributed by atoms with E-state index < -0.39 is 0 Å². The summed E-state index contributed by atoms with van der Waals surface area (Å²) in [4.78, 5) is 23.3. The summed E-state index contributed by atoms with van der Waals surface area (Å²) in [6.45, 7) is 3.45. The Balaban J connectivity index is 1.40. The fourth-order valence-corrected chi connectivity index (χ4v) is 3.75. The highest BCUT2D eigenvalue weighted by atomic mass is 16.5. The van der Waals surface area contributed by atoms with Crippen molar-refractivity contribution in [2.24, 2.45) is 0 Å². The molecule has 6 nitrogen and oxygen atoms in total. The first-order chi connectivity index (χ1) is 14.8. The standard InChI is InChI=1S/C24H26N4O2/c29-24(22-17-23(27-18-26-22)28-13-15-30-16-14-28)25-12-11-21(19-7-3-1-4-8-19)20-9-5-2-6-10-20/h1-10,17-18,21H,11-16H2,(H,25,29). The van der Waals surface area contributed by atoms with Gasteiger partial charge in [-0.05, 0) is 17.5 Å². The number of anilines is 1. The zero-order valence-corrected chi connectivity index (χ0v) is 16.9. The van der Waals surface area contributed by atoms with Crippen molar-refractivity contribution in [1.29, 1.82) is 0 Å². The van der Waals surface area contributed by atoms with Crippen molar-refractivity contribution in [1.82, 2.24) is 15.3 Å². The number of ether oxygens (including phenoxy) is 1. The van der Waals surface area contributed by atoms with Gasteiger partial charge in [0.05, 0.1) is 13.2 Å². The molecule has 1 amide bonds. The molecule has 0 radical (unpaired) electrons. The fraction of sp³-hybridized carbons (Fsp3) is 0.292. The van der Waals surface area contributed by atoms with Gasteiger partial charge in [-0.3, -0.25) is 4.79 Å². The molecule has 2 heterocycles. The molecule has 0 atom stereocenters. The number of nitrogens with zero attached hydrogens (tertiary/aromatic N) is 3. The Morgan fingerprint density at radius 1 is 0.967 bits per heavy atom. The van der Waals surface area contributed by atoms with Crippen molar-refractivity contribution in [3.05, 3.63) is 89.9 Å². The number of carbonyl (C=O) groups excluding carboxylic acids is 1. The van der Waals surface area contributed by atoms with Gasteiger partial charge in [0.15, 0.2) is 0 Å². The summed E-state index contributed by atoms with van der Waals surface area (Å²) in [7, 11) is 0. The number of morpholine rings is 1. The van der Waals surface area contributed by atoms with Gasteiger partial charge >= 0.3 is 0 Å². The minimum atomic E-state index is -0.174. The highest BCUT2D eigenvalue weighted by Gasteiger charge is 2.17. The molecule has 1 aliphatic heterocycles. The number of hydrogen-bond donors (Lipinski definition) is 1. The van der Waals surface area contributed by atoms with E-state index in [9.17, 15) is 4.79 Å². The van der Waals surface area contributed by atoms with Gasteiger partial charge in [0.25, 0.3) is 5.91 Å². The van der Waals surface area contributed by atoms with Gasteiger partial charge in [-0.25, -0.2) is 9.97 Å². The molecule has 2 aromatic carbocycles. The van der Waals surface area contributed by atoms with Gasteiger partial charge < -0.3 is 15.0 Å². The fourth-order valence-electron chi connectivity index (χ4n) is 3.75. The minimum Gasteiger partial charge on any atom is -0.378 e. The van der Waals surface area contributed by atoms with E-state index in [4.69, 9.17) is 4.74 Å². The summed E-state index contributed by atoms with van der Waals surface area (Å²) >= 11 is 0. The lowest BCUT2D eigenvalue weighted by Gasteiger charge is -2.27. The molecule has 1 aromatic heterocycles. The second kappa shape index (κ2) is 9.98. The van der Waals surface area contributed by atoms with Crippen molar-refractivity contribution in [2.75, 3.05) is 37.7 Å². The Hall–Kier alpha value is -3.25. The zero-order chi connectivity index (χ0) is 20.6. The second-order valence-electron chi connectivity index (χ2n) is 7.28. The van der Waals surface area contributed by atoms with Crippen LogP contribution < -0.4 is 10.2 Å². The molecule has 0 spiro atoms. The van der Waals surface area contributed by atoms with Gasteiger partial charge in [0, 0.05) is 31.6 Å².